The van der Waals surface area contributed by atoms with Crippen LogP contribution in [0.3, 0.4) is 0 Å². The molecule has 0 aromatic carbocycles. The second-order valence-electron chi connectivity index (χ2n) is 5.02. The minimum absolute atomic E-state index is 0.0605. The summed E-state index contributed by atoms with van der Waals surface area (Å²) in [7, 11) is 0. The molecule has 2 aromatic rings. The van der Waals surface area contributed by atoms with Crippen LogP contribution in [0, 0.1) is 5.92 Å². The summed E-state index contributed by atoms with van der Waals surface area (Å²) in [6.45, 7) is 6.24. The molecule has 18 heavy (non-hydrogen) atoms. The molecule has 7 heteroatoms. The third-order valence-electron chi connectivity index (χ3n) is 3.79. The van der Waals surface area contributed by atoms with Crippen molar-refractivity contribution in [3.05, 3.63) is 12.1 Å². The van der Waals surface area contributed by atoms with E-state index in [1.54, 1.807) is 6.20 Å². The van der Waals surface area contributed by atoms with E-state index >= 15 is 0 Å². The van der Waals surface area contributed by atoms with Crippen LogP contribution in [-0.2, 0) is 5.41 Å². The topological polar surface area (TPSA) is 92.5 Å². The molecule has 1 unspecified atom stereocenters. The predicted molar refractivity (Wildman–Crippen MR) is 63.7 cm³/mol. The van der Waals surface area contributed by atoms with Crippen LogP contribution in [0.25, 0.3) is 11.5 Å². The van der Waals surface area contributed by atoms with Gasteiger partial charge in [0, 0.05) is 6.54 Å². The van der Waals surface area contributed by atoms with E-state index in [0.29, 0.717) is 23.3 Å². The zero-order chi connectivity index (χ0) is 12.6. The van der Waals surface area contributed by atoms with E-state index in [1.807, 2.05) is 0 Å². The highest BCUT2D eigenvalue weighted by Gasteiger charge is 2.43. The Morgan fingerprint density at radius 3 is 2.94 bits per heavy atom. The molecule has 7 nitrogen and oxygen atoms in total. The number of nitrogens with zero attached hydrogens (tertiary/aromatic N) is 4. The summed E-state index contributed by atoms with van der Waals surface area (Å²) >= 11 is 0. The molecule has 96 valence electrons. The maximum absolute atomic E-state index is 5.45. The van der Waals surface area contributed by atoms with Crippen LogP contribution >= 0.6 is 0 Å². The monoisotopic (exact) mass is 248 g/mol. The van der Waals surface area contributed by atoms with Crippen molar-refractivity contribution < 1.29 is 4.52 Å². The van der Waals surface area contributed by atoms with E-state index in [9.17, 15) is 0 Å². The molecule has 0 bridgehead atoms. The molecule has 0 saturated carbocycles. The van der Waals surface area contributed by atoms with E-state index in [-0.39, 0.29) is 5.41 Å². The second kappa shape index (κ2) is 4.16. The lowest BCUT2D eigenvalue weighted by atomic mass is 9.76. The third-order valence-corrected chi connectivity index (χ3v) is 3.79. The molecule has 0 spiro atoms. The van der Waals surface area contributed by atoms with E-state index in [2.05, 4.69) is 44.7 Å². The maximum atomic E-state index is 5.45. The summed E-state index contributed by atoms with van der Waals surface area (Å²) in [4.78, 5) is 4.49. The van der Waals surface area contributed by atoms with Crippen molar-refractivity contribution in [2.45, 2.75) is 25.7 Å². The minimum Gasteiger partial charge on any atom is -0.338 e. The van der Waals surface area contributed by atoms with Crippen LogP contribution in [0.1, 0.15) is 26.2 Å². The van der Waals surface area contributed by atoms with Gasteiger partial charge in [-0.3, -0.25) is 0 Å². The highest BCUT2D eigenvalue weighted by Crippen LogP contribution is 2.37. The summed E-state index contributed by atoms with van der Waals surface area (Å²) < 4.78 is 5.45. The van der Waals surface area contributed by atoms with Crippen molar-refractivity contribution in [2.24, 2.45) is 5.92 Å². The van der Waals surface area contributed by atoms with Gasteiger partial charge in [0.2, 0.25) is 11.7 Å². The number of aromatic amines is 1. The predicted octanol–water partition coefficient (Wildman–Crippen LogP) is 0.742. The molecule has 3 heterocycles. The lowest BCUT2D eigenvalue weighted by Gasteiger charge is -2.27. The molecule has 0 radical (unpaired) electrons. The minimum atomic E-state index is -0.0605. The first-order chi connectivity index (χ1) is 8.72. The fourth-order valence-corrected chi connectivity index (χ4v) is 2.47. The van der Waals surface area contributed by atoms with Crippen molar-refractivity contribution in [2.75, 3.05) is 13.1 Å². The standard InChI is InChI=1S/C11H16N6O/c1-7(2)11(3-4-12-6-11)10-14-9(16-18-10)8-5-13-17-15-8/h5,7,12H,3-4,6H2,1-2H3,(H,13,15,17). The van der Waals surface area contributed by atoms with Gasteiger partial charge in [0.05, 0.1) is 11.6 Å². The lowest BCUT2D eigenvalue weighted by molar-refractivity contribution is 0.234. The number of hydrogen-bond donors (Lipinski definition) is 2. The summed E-state index contributed by atoms with van der Waals surface area (Å²) in [5.74, 6) is 1.63. The largest absolute Gasteiger partial charge is 0.338 e. The molecule has 1 aliphatic heterocycles. The smallest absolute Gasteiger partial charge is 0.234 e. The van der Waals surface area contributed by atoms with Crippen molar-refractivity contribution in [3.8, 4) is 11.5 Å². The Bertz CT molecular complexity index is 511. The molecule has 1 atom stereocenters. The van der Waals surface area contributed by atoms with Crippen LogP contribution in [0.15, 0.2) is 10.7 Å². The number of H-pyrrole nitrogens is 1. The van der Waals surface area contributed by atoms with Gasteiger partial charge in [-0.05, 0) is 18.9 Å². The highest BCUT2D eigenvalue weighted by molar-refractivity contribution is 5.45. The van der Waals surface area contributed by atoms with Crippen LogP contribution in [-0.4, -0.2) is 38.6 Å². The van der Waals surface area contributed by atoms with Gasteiger partial charge in [-0.2, -0.15) is 20.4 Å². The van der Waals surface area contributed by atoms with Gasteiger partial charge in [0.15, 0.2) is 5.69 Å². The Kier molecular flexibility index (Phi) is 2.62. The average molecular weight is 248 g/mol. The Morgan fingerprint density at radius 1 is 1.44 bits per heavy atom. The number of rotatable bonds is 3. The highest BCUT2D eigenvalue weighted by atomic mass is 16.5. The molecule has 2 N–H and O–H groups in total. The molecule has 2 aromatic heterocycles. The Labute approximate surface area is 104 Å². The SMILES string of the molecule is CC(C)C1(c2nc(-c3cn[nH]n3)no2)CCNC1. The summed E-state index contributed by atoms with van der Waals surface area (Å²) in [5.41, 5.74) is 0.546. The summed E-state index contributed by atoms with van der Waals surface area (Å²) in [5, 5.41) is 17.6. The molecular weight excluding hydrogens is 232 g/mol. The third kappa shape index (κ3) is 1.62. The molecular formula is C11H16N6O. The Morgan fingerprint density at radius 2 is 2.33 bits per heavy atom. The number of aromatic nitrogens is 5. The Balaban J connectivity index is 1.97. The fraction of sp³-hybridized carbons (Fsp3) is 0.636. The van der Waals surface area contributed by atoms with Crippen molar-refractivity contribution in [1.29, 1.82) is 0 Å². The summed E-state index contributed by atoms with van der Waals surface area (Å²) in [6.07, 6.45) is 2.61. The van der Waals surface area contributed by atoms with Gasteiger partial charge >= 0.3 is 0 Å². The first kappa shape index (κ1) is 11.3. The fourth-order valence-electron chi connectivity index (χ4n) is 2.47. The van der Waals surface area contributed by atoms with Crippen molar-refractivity contribution >= 4 is 0 Å². The first-order valence-electron chi connectivity index (χ1n) is 6.13. The van der Waals surface area contributed by atoms with Gasteiger partial charge in [0.25, 0.3) is 0 Å². The lowest BCUT2D eigenvalue weighted by Crippen LogP contribution is -2.35. The van der Waals surface area contributed by atoms with E-state index < -0.39 is 0 Å². The average Bonchev–Trinajstić information content (AvgIpc) is 3.11. The molecule has 0 amide bonds. The van der Waals surface area contributed by atoms with Crippen LogP contribution in [0.2, 0.25) is 0 Å². The van der Waals surface area contributed by atoms with Gasteiger partial charge in [0.1, 0.15) is 0 Å². The van der Waals surface area contributed by atoms with Gasteiger partial charge < -0.3 is 9.84 Å². The maximum Gasteiger partial charge on any atom is 0.234 e. The number of nitrogens with one attached hydrogen (secondary N) is 2. The quantitative estimate of drug-likeness (QED) is 0.832. The normalized spacial score (nSPS) is 23.9. The van der Waals surface area contributed by atoms with Crippen LogP contribution in [0.5, 0.6) is 0 Å². The van der Waals surface area contributed by atoms with Gasteiger partial charge in [-0.25, -0.2) is 0 Å². The van der Waals surface area contributed by atoms with E-state index in [4.69, 9.17) is 4.52 Å². The van der Waals surface area contributed by atoms with E-state index in [0.717, 1.165) is 19.5 Å². The molecule has 1 aliphatic rings. The Hall–Kier alpha value is -1.76. The number of hydrogen-bond acceptors (Lipinski definition) is 6. The van der Waals surface area contributed by atoms with Gasteiger partial charge in [-0.15, -0.1) is 0 Å². The molecule has 3 rings (SSSR count). The second-order valence-corrected chi connectivity index (χ2v) is 5.02. The van der Waals surface area contributed by atoms with E-state index in [1.165, 1.54) is 0 Å². The zero-order valence-electron chi connectivity index (χ0n) is 10.5. The molecule has 1 fully saturated rings. The first-order valence-corrected chi connectivity index (χ1v) is 6.13. The molecule has 1 saturated heterocycles. The van der Waals surface area contributed by atoms with Crippen LogP contribution in [0.4, 0.5) is 0 Å². The molecule has 0 aliphatic carbocycles. The summed E-state index contributed by atoms with van der Waals surface area (Å²) in [6, 6.07) is 0. The van der Waals surface area contributed by atoms with Crippen LogP contribution < -0.4 is 5.32 Å². The van der Waals surface area contributed by atoms with Crippen molar-refractivity contribution in [1.82, 2.24) is 30.9 Å². The van der Waals surface area contributed by atoms with Crippen molar-refractivity contribution in [3.63, 3.8) is 0 Å². The zero-order valence-corrected chi connectivity index (χ0v) is 10.5. The van der Waals surface area contributed by atoms with Gasteiger partial charge in [-0.1, -0.05) is 19.0 Å².